The van der Waals surface area contributed by atoms with Crippen molar-refractivity contribution in [3.05, 3.63) is 50.6 Å². The van der Waals surface area contributed by atoms with Crippen LogP contribution in [0.25, 0.3) is 0 Å². The number of halogens is 2. The van der Waals surface area contributed by atoms with Gasteiger partial charge in [0.25, 0.3) is 0 Å². The Balaban J connectivity index is 2.20. The normalized spacial score (nSPS) is 12.6. The van der Waals surface area contributed by atoms with Gasteiger partial charge in [-0.15, -0.1) is 11.3 Å². The summed E-state index contributed by atoms with van der Waals surface area (Å²) in [6.07, 6.45) is 1.08. The fraction of sp³-hybridized carbons (Fsp3) is 0.143. The Hall–Kier alpha value is -1.36. The van der Waals surface area contributed by atoms with Gasteiger partial charge < -0.3 is 4.74 Å². The van der Waals surface area contributed by atoms with Crippen LogP contribution in [-0.4, -0.2) is 12.2 Å². The van der Waals surface area contributed by atoms with Crippen molar-refractivity contribution in [1.82, 2.24) is 0 Å². The highest BCUT2D eigenvalue weighted by Crippen LogP contribution is 2.27. The first-order chi connectivity index (χ1) is 9.56. The topological polar surface area (TPSA) is 38.7 Å². The van der Waals surface area contributed by atoms with E-state index in [1.165, 1.54) is 18.3 Å². The number of ether oxygens (including phenoxy) is 1. The molecule has 0 aliphatic carbocycles. The fourth-order valence-corrected chi connectivity index (χ4v) is 2.52. The number of esters is 1. The Kier molecular flexibility index (Phi) is 5.17. The molecule has 0 saturated carbocycles. The molecule has 20 heavy (non-hydrogen) atoms. The summed E-state index contributed by atoms with van der Waals surface area (Å²) in [5.41, 5.74) is 0.646. The molecule has 1 aromatic carbocycles. The molecule has 0 saturated heterocycles. The van der Waals surface area contributed by atoms with Gasteiger partial charge in [0, 0.05) is 6.92 Å². The molecular formula is C14H11Cl2NO2S. The van der Waals surface area contributed by atoms with E-state index in [-0.39, 0.29) is 5.97 Å². The molecule has 0 amide bonds. The van der Waals surface area contributed by atoms with Crippen LogP contribution in [0.4, 0.5) is 5.69 Å². The fourth-order valence-electron chi connectivity index (χ4n) is 1.51. The summed E-state index contributed by atoms with van der Waals surface area (Å²) in [6, 6.07) is 8.84. The second-order valence-corrected chi connectivity index (χ2v) is 5.72. The molecule has 0 fully saturated rings. The largest absolute Gasteiger partial charge is 0.451 e. The number of hydrogen-bond acceptors (Lipinski definition) is 4. The smallest absolute Gasteiger partial charge is 0.303 e. The number of aliphatic imine (C=N–C) groups is 1. The van der Waals surface area contributed by atoms with Crippen LogP contribution >= 0.6 is 34.5 Å². The van der Waals surface area contributed by atoms with Crippen LogP contribution in [-0.2, 0) is 9.53 Å². The molecule has 1 unspecified atom stereocenters. The standard InChI is InChI=1S/C14H11Cl2NO2S/c1-9(18)19-13(14-3-2-6-20-14)8-17-10-4-5-11(15)12(16)7-10/h2-8,13H,1H3. The van der Waals surface area contributed by atoms with E-state index in [1.807, 2.05) is 17.5 Å². The van der Waals surface area contributed by atoms with Crippen LogP contribution < -0.4 is 0 Å². The lowest BCUT2D eigenvalue weighted by Gasteiger charge is -2.10. The summed E-state index contributed by atoms with van der Waals surface area (Å²) in [6.45, 7) is 1.37. The van der Waals surface area contributed by atoms with Gasteiger partial charge in [-0.25, -0.2) is 0 Å². The molecule has 1 heterocycles. The second-order valence-electron chi connectivity index (χ2n) is 3.92. The number of thiophene rings is 1. The summed E-state index contributed by atoms with van der Waals surface area (Å²) < 4.78 is 5.23. The summed E-state index contributed by atoms with van der Waals surface area (Å²) in [5.74, 6) is -0.357. The van der Waals surface area contributed by atoms with E-state index >= 15 is 0 Å². The number of rotatable bonds is 4. The van der Waals surface area contributed by atoms with Gasteiger partial charge >= 0.3 is 5.97 Å². The Morgan fingerprint density at radius 2 is 2.15 bits per heavy atom. The van der Waals surface area contributed by atoms with Crippen LogP contribution in [0, 0.1) is 0 Å². The predicted molar refractivity (Wildman–Crippen MR) is 83.4 cm³/mol. The number of benzene rings is 1. The van der Waals surface area contributed by atoms with Gasteiger partial charge in [0.1, 0.15) is 0 Å². The van der Waals surface area contributed by atoms with Gasteiger partial charge in [-0.1, -0.05) is 29.3 Å². The highest BCUT2D eigenvalue weighted by Gasteiger charge is 2.13. The van der Waals surface area contributed by atoms with Crippen LogP contribution in [0.5, 0.6) is 0 Å². The number of carbonyl (C=O) groups is 1. The minimum absolute atomic E-state index is 0.357. The van der Waals surface area contributed by atoms with Crippen molar-refractivity contribution in [1.29, 1.82) is 0 Å². The summed E-state index contributed by atoms with van der Waals surface area (Å²) in [5, 5.41) is 2.82. The zero-order valence-corrected chi connectivity index (χ0v) is 12.9. The quantitative estimate of drug-likeness (QED) is 0.581. The number of carbonyl (C=O) groups excluding carboxylic acids is 1. The number of hydrogen-bond donors (Lipinski definition) is 0. The first-order valence-electron chi connectivity index (χ1n) is 5.76. The lowest BCUT2D eigenvalue weighted by atomic mass is 10.3. The molecule has 0 spiro atoms. The van der Waals surface area contributed by atoms with Gasteiger partial charge in [0.05, 0.1) is 26.8 Å². The van der Waals surface area contributed by atoms with E-state index in [9.17, 15) is 4.79 Å². The molecule has 2 rings (SSSR count). The maximum Gasteiger partial charge on any atom is 0.303 e. The lowest BCUT2D eigenvalue weighted by molar-refractivity contribution is -0.143. The van der Waals surface area contributed by atoms with E-state index in [0.29, 0.717) is 15.7 Å². The highest BCUT2D eigenvalue weighted by molar-refractivity contribution is 7.10. The zero-order chi connectivity index (χ0) is 14.5. The molecule has 0 bridgehead atoms. The molecular weight excluding hydrogens is 317 g/mol. The van der Waals surface area contributed by atoms with Gasteiger partial charge in [-0.05, 0) is 29.6 Å². The van der Waals surface area contributed by atoms with Gasteiger partial charge in [-0.2, -0.15) is 0 Å². The number of nitrogens with zero attached hydrogens (tertiary/aromatic N) is 1. The zero-order valence-electron chi connectivity index (χ0n) is 10.5. The average molecular weight is 328 g/mol. The van der Waals surface area contributed by atoms with Crippen LogP contribution in [0.2, 0.25) is 10.0 Å². The van der Waals surface area contributed by atoms with Crippen molar-refractivity contribution >= 4 is 52.4 Å². The van der Waals surface area contributed by atoms with Gasteiger partial charge in [-0.3, -0.25) is 9.79 Å². The molecule has 2 aromatic rings. The van der Waals surface area contributed by atoms with Crippen molar-refractivity contribution in [2.24, 2.45) is 4.99 Å². The SMILES string of the molecule is CC(=O)OC(C=Nc1ccc(Cl)c(Cl)c1)c1cccs1. The molecule has 3 nitrogen and oxygen atoms in total. The maximum absolute atomic E-state index is 11.1. The van der Waals surface area contributed by atoms with Crippen molar-refractivity contribution < 1.29 is 9.53 Å². The predicted octanol–water partition coefficient (Wildman–Crippen LogP) is 5.06. The molecule has 1 atom stereocenters. The molecule has 0 N–H and O–H groups in total. The molecule has 104 valence electrons. The van der Waals surface area contributed by atoms with E-state index in [1.54, 1.807) is 24.4 Å². The van der Waals surface area contributed by atoms with Gasteiger partial charge in [0.15, 0.2) is 6.10 Å². The van der Waals surface area contributed by atoms with E-state index in [2.05, 4.69) is 4.99 Å². The van der Waals surface area contributed by atoms with Crippen molar-refractivity contribution in [2.45, 2.75) is 13.0 Å². The highest BCUT2D eigenvalue weighted by atomic mass is 35.5. The Labute approximate surface area is 130 Å². The van der Waals surface area contributed by atoms with E-state index in [4.69, 9.17) is 27.9 Å². The van der Waals surface area contributed by atoms with E-state index in [0.717, 1.165) is 4.88 Å². The van der Waals surface area contributed by atoms with Crippen LogP contribution in [0.1, 0.15) is 17.9 Å². The Morgan fingerprint density at radius 3 is 2.75 bits per heavy atom. The second kappa shape index (κ2) is 6.88. The average Bonchev–Trinajstić information content (AvgIpc) is 2.92. The lowest BCUT2D eigenvalue weighted by Crippen LogP contribution is -2.08. The van der Waals surface area contributed by atoms with Crippen LogP contribution in [0.3, 0.4) is 0 Å². The van der Waals surface area contributed by atoms with Crippen LogP contribution in [0.15, 0.2) is 40.7 Å². The third-order valence-electron chi connectivity index (χ3n) is 2.38. The Morgan fingerprint density at radius 1 is 1.35 bits per heavy atom. The van der Waals surface area contributed by atoms with E-state index < -0.39 is 6.10 Å². The third-order valence-corrected chi connectivity index (χ3v) is 4.05. The minimum atomic E-state index is -0.498. The Bertz CT molecular complexity index is 626. The van der Waals surface area contributed by atoms with Gasteiger partial charge in [0.2, 0.25) is 0 Å². The molecule has 0 aliphatic heterocycles. The van der Waals surface area contributed by atoms with Crippen molar-refractivity contribution in [3.8, 4) is 0 Å². The summed E-state index contributed by atoms with van der Waals surface area (Å²) in [7, 11) is 0. The molecule has 0 aliphatic rings. The maximum atomic E-state index is 11.1. The monoisotopic (exact) mass is 327 g/mol. The summed E-state index contributed by atoms with van der Waals surface area (Å²) >= 11 is 13.3. The minimum Gasteiger partial charge on any atom is -0.451 e. The molecule has 6 heteroatoms. The molecule has 1 aromatic heterocycles. The molecule has 0 radical (unpaired) electrons. The van der Waals surface area contributed by atoms with Crippen molar-refractivity contribution in [3.63, 3.8) is 0 Å². The van der Waals surface area contributed by atoms with Crippen molar-refractivity contribution in [2.75, 3.05) is 0 Å². The first kappa shape index (κ1) is 15.0. The first-order valence-corrected chi connectivity index (χ1v) is 7.39. The summed E-state index contributed by atoms with van der Waals surface area (Å²) in [4.78, 5) is 16.3. The third kappa shape index (κ3) is 4.07.